The minimum absolute atomic E-state index is 0.0623. The highest BCUT2D eigenvalue weighted by Crippen LogP contribution is 2.39. The van der Waals surface area contributed by atoms with Crippen LogP contribution in [0.3, 0.4) is 0 Å². The molecule has 2 aliphatic heterocycles. The molecule has 6 aromatic rings. The minimum atomic E-state index is -0.731. The first-order chi connectivity index (χ1) is 31.0. The number of likely N-dealkylation sites (tertiary alicyclic amines) is 1. The summed E-state index contributed by atoms with van der Waals surface area (Å²) in [6, 6.07) is 21.0. The first-order valence-corrected chi connectivity index (χ1v) is 22.4. The van der Waals surface area contributed by atoms with Crippen LogP contribution in [0.1, 0.15) is 83.5 Å². The maximum atomic E-state index is 14.2. The number of aromatic nitrogens is 4. The van der Waals surface area contributed by atoms with Gasteiger partial charge in [0.25, 0.3) is 0 Å². The molecule has 2 saturated heterocycles. The normalized spacial score (nSPS) is 17.1. The summed E-state index contributed by atoms with van der Waals surface area (Å²) >= 11 is 0. The molecule has 4 N–H and O–H groups in total. The number of amides is 4. The van der Waals surface area contributed by atoms with Gasteiger partial charge in [0.05, 0.1) is 49.2 Å². The number of methoxy groups -OCH3 is 2. The van der Waals surface area contributed by atoms with Crippen molar-refractivity contribution in [3.63, 3.8) is 0 Å². The van der Waals surface area contributed by atoms with E-state index >= 15 is 0 Å². The summed E-state index contributed by atoms with van der Waals surface area (Å²) in [5.74, 6) is 0.885. The second kappa shape index (κ2) is 19.1. The van der Waals surface area contributed by atoms with Gasteiger partial charge in [-0.3, -0.25) is 9.59 Å². The molecule has 0 bridgehead atoms. The Morgan fingerprint density at radius 3 is 2.23 bits per heavy atom. The summed E-state index contributed by atoms with van der Waals surface area (Å²) in [7, 11) is 2.60. The van der Waals surface area contributed by atoms with Crippen LogP contribution in [-0.2, 0) is 23.8 Å². The molecule has 0 spiro atoms. The first kappa shape index (κ1) is 44.1. The maximum absolute atomic E-state index is 14.2. The number of H-pyrrole nitrogens is 2. The SMILES string of the molecule is CCCN(C(=O)[C@@H](NC(=O)OC)C1CCOCC1)[C@@H](C)c1ncc(-c2ccc(-c3ccc4c(c3)c3ccccc3c3nc([C@@H]5CCCN5C(=O)[C@@H](NC(=O)OC)C(C)C)[nH]c43)cc2)[nH]1. The Kier molecular flexibility index (Phi) is 13.2. The molecule has 336 valence electrons. The molecule has 4 aromatic carbocycles. The number of fused-ring (bicyclic) bond motifs is 6. The number of ether oxygens (including phenoxy) is 3. The molecule has 4 atom stereocenters. The van der Waals surface area contributed by atoms with Crippen LogP contribution in [0, 0.1) is 11.8 Å². The molecule has 0 saturated carbocycles. The van der Waals surface area contributed by atoms with Gasteiger partial charge in [-0.1, -0.05) is 81.4 Å². The fraction of sp³-hybridized carbons (Fsp3) is 0.429. The second-order valence-corrected chi connectivity index (χ2v) is 17.2. The van der Waals surface area contributed by atoms with Gasteiger partial charge in [0.2, 0.25) is 11.8 Å². The van der Waals surface area contributed by atoms with Gasteiger partial charge in [-0.25, -0.2) is 19.6 Å². The third-order valence-electron chi connectivity index (χ3n) is 12.9. The molecular formula is C49H58N8O7. The van der Waals surface area contributed by atoms with Crippen molar-refractivity contribution in [2.24, 2.45) is 11.8 Å². The van der Waals surface area contributed by atoms with Gasteiger partial charge < -0.3 is 44.6 Å². The van der Waals surface area contributed by atoms with Gasteiger partial charge in [-0.2, -0.15) is 0 Å². The fourth-order valence-corrected chi connectivity index (χ4v) is 9.44. The lowest BCUT2D eigenvalue weighted by Gasteiger charge is -2.36. The molecule has 8 rings (SSSR count). The van der Waals surface area contributed by atoms with E-state index < -0.39 is 24.3 Å². The van der Waals surface area contributed by atoms with E-state index in [9.17, 15) is 19.2 Å². The number of hydrogen-bond donors (Lipinski definition) is 4. The van der Waals surface area contributed by atoms with Crippen LogP contribution >= 0.6 is 0 Å². The van der Waals surface area contributed by atoms with Gasteiger partial charge >= 0.3 is 12.2 Å². The van der Waals surface area contributed by atoms with Crippen molar-refractivity contribution in [1.29, 1.82) is 0 Å². The zero-order valence-corrected chi connectivity index (χ0v) is 37.4. The number of benzene rings is 4. The van der Waals surface area contributed by atoms with Crippen molar-refractivity contribution < 1.29 is 33.4 Å². The Bertz CT molecular complexity index is 2650. The van der Waals surface area contributed by atoms with Crippen LogP contribution in [-0.4, -0.2) is 106 Å². The van der Waals surface area contributed by atoms with E-state index in [1.165, 1.54) is 14.2 Å². The first-order valence-electron chi connectivity index (χ1n) is 22.4. The van der Waals surface area contributed by atoms with Crippen LogP contribution < -0.4 is 10.6 Å². The van der Waals surface area contributed by atoms with Crippen LogP contribution in [0.5, 0.6) is 0 Å². The van der Waals surface area contributed by atoms with Crippen LogP contribution in [0.15, 0.2) is 72.9 Å². The molecular weight excluding hydrogens is 813 g/mol. The molecule has 15 nitrogen and oxygen atoms in total. The van der Waals surface area contributed by atoms with Crippen LogP contribution in [0.2, 0.25) is 0 Å². The molecule has 64 heavy (non-hydrogen) atoms. The molecule has 2 fully saturated rings. The fourth-order valence-electron chi connectivity index (χ4n) is 9.44. The molecule has 4 amide bonds. The van der Waals surface area contributed by atoms with Crippen molar-refractivity contribution in [3.8, 4) is 22.4 Å². The Morgan fingerprint density at radius 2 is 1.53 bits per heavy atom. The van der Waals surface area contributed by atoms with E-state index in [2.05, 4.69) is 75.2 Å². The molecule has 2 aromatic heterocycles. The zero-order chi connectivity index (χ0) is 45.1. The number of rotatable bonds is 13. The maximum Gasteiger partial charge on any atom is 0.407 e. The van der Waals surface area contributed by atoms with E-state index in [0.29, 0.717) is 45.0 Å². The number of nitrogens with one attached hydrogen (secondary N) is 4. The average Bonchev–Trinajstić information content (AvgIpc) is 4.12. The predicted octanol–water partition coefficient (Wildman–Crippen LogP) is 8.42. The van der Waals surface area contributed by atoms with Crippen molar-refractivity contribution in [3.05, 3.63) is 84.6 Å². The summed E-state index contributed by atoms with van der Waals surface area (Å²) in [5, 5.41) is 9.77. The Balaban J connectivity index is 1.05. The average molecular weight is 871 g/mol. The Labute approximate surface area is 372 Å². The van der Waals surface area contributed by atoms with Crippen LogP contribution in [0.25, 0.3) is 55.0 Å². The summed E-state index contributed by atoms with van der Waals surface area (Å²) in [6.07, 6.45) is 4.20. The Morgan fingerprint density at radius 1 is 0.844 bits per heavy atom. The Hall–Kier alpha value is -6.48. The predicted molar refractivity (Wildman–Crippen MR) is 245 cm³/mol. The number of hydrogen-bond acceptors (Lipinski definition) is 9. The largest absolute Gasteiger partial charge is 0.453 e. The van der Waals surface area contributed by atoms with Gasteiger partial charge in [-0.05, 0) is 84.4 Å². The highest BCUT2D eigenvalue weighted by atomic mass is 16.5. The lowest BCUT2D eigenvalue weighted by Crippen LogP contribution is -2.54. The van der Waals surface area contributed by atoms with Crippen molar-refractivity contribution in [1.82, 2.24) is 40.4 Å². The number of carbonyl (C=O) groups excluding carboxylic acids is 4. The molecule has 0 aliphatic carbocycles. The van der Waals surface area contributed by atoms with Crippen molar-refractivity contribution in [2.75, 3.05) is 40.5 Å². The second-order valence-electron chi connectivity index (χ2n) is 17.2. The topological polar surface area (TPSA) is 184 Å². The molecule has 0 unspecified atom stereocenters. The highest BCUT2D eigenvalue weighted by Gasteiger charge is 2.39. The molecule has 0 radical (unpaired) electrons. The van der Waals surface area contributed by atoms with E-state index in [1.807, 2.05) is 44.7 Å². The lowest BCUT2D eigenvalue weighted by atomic mass is 9.90. The standard InChI is InChI=1S/C49H58N8O7/c1-7-22-56(47(59)41(55-49(61)63-6)32-20-24-64-25-21-32)29(4)44-50-27-38(51-44)31-16-14-30(15-17-31)33-18-19-36-37(26-33)34-11-8-9-12-35(34)42-43(36)53-45(52-42)39-13-10-23-57(39)46(58)40(28(2)3)54-48(60)62-5/h8-9,11-12,14-19,26-29,32,39-41H,7,10,13,20-25H2,1-6H3,(H,50,51)(H,52,53)(H,54,60)(H,55,61)/t29-,39-,40-,41-/m0/s1. The third kappa shape index (κ3) is 8.73. The minimum Gasteiger partial charge on any atom is -0.453 e. The van der Waals surface area contributed by atoms with Crippen molar-refractivity contribution in [2.45, 2.75) is 84.0 Å². The lowest BCUT2D eigenvalue weighted by molar-refractivity contribution is -0.138. The zero-order valence-electron chi connectivity index (χ0n) is 37.4. The summed E-state index contributed by atoms with van der Waals surface area (Å²) in [6.45, 7) is 9.96. The smallest absolute Gasteiger partial charge is 0.407 e. The van der Waals surface area contributed by atoms with Crippen molar-refractivity contribution >= 4 is 56.6 Å². The third-order valence-corrected chi connectivity index (χ3v) is 12.9. The number of nitrogens with zero attached hydrogens (tertiary/aromatic N) is 4. The van der Waals surface area contributed by atoms with Gasteiger partial charge in [0.1, 0.15) is 23.7 Å². The number of alkyl carbamates (subject to hydrolysis) is 2. The van der Waals surface area contributed by atoms with Gasteiger partial charge in [-0.15, -0.1) is 0 Å². The van der Waals surface area contributed by atoms with E-state index in [0.717, 1.165) is 80.0 Å². The van der Waals surface area contributed by atoms with Crippen LogP contribution in [0.4, 0.5) is 9.59 Å². The highest BCUT2D eigenvalue weighted by molar-refractivity contribution is 6.23. The molecule has 15 heteroatoms. The monoisotopic (exact) mass is 870 g/mol. The van der Waals surface area contributed by atoms with Gasteiger partial charge in [0, 0.05) is 37.1 Å². The van der Waals surface area contributed by atoms with E-state index in [1.54, 1.807) is 11.1 Å². The van der Waals surface area contributed by atoms with Gasteiger partial charge in [0.15, 0.2) is 0 Å². The quantitative estimate of drug-likeness (QED) is 0.0828. The van der Waals surface area contributed by atoms with E-state index in [-0.39, 0.29) is 35.7 Å². The molecule has 4 heterocycles. The van der Waals surface area contributed by atoms with E-state index in [4.69, 9.17) is 24.2 Å². The summed E-state index contributed by atoms with van der Waals surface area (Å²) < 4.78 is 15.3. The molecule has 2 aliphatic rings. The number of aromatic amines is 2. The number of imidazole rings is 2. The summed E-state index contributed by atoms with van der Waals surface area (Å²) in [5.41, 5.74) is 5.66. The summed E-state index contributed by atoms with van der Waals surface area (Å²) in [4.78, 5) is 73.3. The number of carbonyl (C=O) groups is 4.